The molecule has 3 amide bonds. The summed E-state index contributed by atoms with van der Waals surface area (Å²) in [6.07, 6.45) is 5.85. The van der Waals surface area contributed by atoms with Gasteiger partial charge in [-0.1, -0.05) is 50.6 Å². The molecule has 190 valence electrons. The summed E-state index contributed by atoms with van der Waals surface area (Å²) in [5.41, 5.74) is 1.18. The Labute approximate surface area is 205 Å². The maximum absolute atomic E-state index is 13.1. The van der Waals surface area contributed by atoms with E-state index in [2.05, 4.69) is 24.4 Å². The average Bonchev–Trinajstić information content (AvgIpc) is 3.31. The van der Waals surface area contributed by atoms with E-state index in [1.807, 2.05) is 36.9 Å². The van der Waals surface area contributed by atoms with Crippen molar-refractivity contribution in [2.45, 2.75) is 89.9 Å². The van der Waals surface area contributed by atoms with E-state index in [4.69, 9.17) is 4.74 Å². The van der Waals surface area contributed by atoms with Crippen molar-refractivity contribution in [3.8, 4) is 0 Å². The molecule has 3 unspecified atom stereocenters. The maximum Gasteiger partial charge on any atom is 0.225 e. The van der Waals surface area contributed by atoms with Crippen molar-refractivity contribution in [2.75, 3.05) is 20.7 Å². The number of methoxy groups -OCH3 is 1. The average molecular weight is 474 g/mol. The van der Waals surface area contributed by atoms with E-state index in [1.165, 1.54) is 5.56 Å². The first-order valence-electron chi connectivity index (χ1n) is 12.7. The van der Waals surface area contributed by atoms with Gasteiger partial charge in [0.25, 0.3) is 0 Å². The highest BCUT2D eigenvalue weighted by Gasteiger charge is 2.39. The van der Waals surface area contributed by atoms with Crippen LogP contribution in [-0.2, 0) is 25.5 Å². The molecule has 1 N–H and O–H groups in total. The lowest BCUT2D eigenvalue weighted by Crippen LogP contribution is -2.51. The summed E-state index contributed by atoms with van der Waals surface area (Å²) in [5, 5.41) is 3.12. The van der Waals surface area contributed by atoms with Crippen LogP contribution in [0.3, 0.4) is 0 Å². The largest absolute Gasteiger partial charge is 0.378 e. The van der Waals surface area contributed by atoms with Gasteiger partial charge in [-0.3, -0.25) is 14.4 Å². The van der Waals surface area contributed by atoms with Crippen molar-refractivity contribution in [3.63, 3.8) is 0 Å². The second-order valence-electron chi connectivity index (χ2n) is 9.64. The smallest absolute Gasteiger partial charge is 0.225 e. The lowest BCUT2D eigenvalue weighted by Gasteiger charge is -2.34. The summed E-state index contributed by atoms with van der Waals surface area (Å²) in [6.45, 7) is 6.66. The molecule has 1 aromatic carbocycles. The van der Waals surface area contributed by atoms with E-state index in [1.54, 1.807) is 19.1 Å². The third-order valence-corrected chi connectivity index (χ3v) is 7.01. The molecule has 2 rings (SSSR count). The molecule has 7 nitrogen and oxygen atoms in total. The zero-order chi connectivity index (χ0) is 25.1. The SMILES string of the molecule is CCC[C@@H](CCC(=O)N1CCCC1C(OC)[C@@H](C)C(=O)NC(C)Cc1ccccc1)N(C)C=O. The molecule has 0 aliphatic carbocycles. The van der Waals surface area contributed by atoms with Crippen LogP contribution in [0, 0.1) is 5.92 Å². The van der Waals surface area contributed by atoms with Gasteiger partial charge in [-0.25, -0.2) is 0 Å². The Kier molecular flexibility index (Phi) is 11.5. The van der Waals surface area contributed by atoms with Crippen molar-refractivity contribution in [2.24, 2.45) is 5.92 Å². The zero-order valence-corrected chi connectivity index (χ0v) is 21.5. The summed E-state index contributed by atoms with van der Waals surface area (Å²) >= 11 is 0. The molecule has 34 heavy (non-hydrogen) atoms. The van der Waals surface area contributed by atoms with Gasteiger partial charge in [-0.05, 0) is 44.6 Å². The standard InChI is InChI=1S/C27H43N3O4/c1-6-11-23(29(4)19-31)15-16-25(32)30-17-10-14-24(30)26(34-5)21(3)27(33)28-20(2)18-22-12-8-7-9-13-22/h7-9,12-13,19-21,23-24,26H,6,10-11,14-18H2,1-5H3,(H,28,33)/t20?,21-,23+,24?,26?/m1/s1. The molecule has 1 saturated heterocycles. The number of rotatable bonds is 14. The lowest BCUT2D eigenvalue weighted by atomic mass is 9.94. The van der Waals surface area contributed by atoms with Crippen molar-refractivity contribution in [3.05, 3.63) is 35.9 Å². The number of carbonyl (C=O) groups is 3. The Bertz CT molecular complexity index is 772. The predicted molar refractivity (Wildman–Crippen MR) is 134 cm³/mol. The van der Waals surface area contributed by atoms with Crippen LogP contribution in [0.4, 0.5) is 0 Å². The molecule has 0 spiro atoms. The number of amides is 3. The van der Waals surface area contributed by atoms with Gasteiger partial charge < -0.3 is 19.9 Å². The van der Waals surface area contributed by atoms with Crippen LogP contribution in [0.1, 0.15) is 64.9 Å². The van der Waals surface area contributed by atoms with Gasteiger partial charge in [0.15, 0.2) is 0 Å². The number of nitrogens with one attached hydrogen (secondary N) is 1. The van der Waals surface area contributed by atoms with Crippen LogP contribution >= 0.6 is 0 Å². The molecule has 0 aromatic heterocycles. The fourth-order valence-electron chi connectivity index (χ4n) is 5.08. The summed E-state index contributed by atoms with van der Waals surface area (Å²) < 4.78 is 5.81. The third kappa shape index (κ3) is 7.83. The monoisotopic (exact) mass is 473 g/mol. The van der Waals surface area contributed by atoms with Crippen molar-refractivity contribution >= 4 is 18.2 Å². The quantitative estimate of drug-likeness (QED) is 0.420. The van der Waals surface area contributed by atoms with Gasteiger partial charge in [0.05, 0.1) is 18.1 Å². The third-order valence-electron chi connectivity index (χ3n) is 7.01. The van der Waals surface area contributed by atoms with Crippen LogP contribution in [0.5, 0.6) is 0 Å². The molecule has 1 fully saturated rings. The Morgan fingerprint density at radius 3 is 2.56 bits per heavy atom. The van der Waals surface area contributed by atoms with Crippen molar-refractivity contribution in [1.29, 1.82) is 0 Å². The Balaban J connectivity index is 1.97. The number of ether oxygens (including phenoxy) is 1. The van der Waals surface area contributed by atoms with E-state index in [-0.39, 0.29) is 42.0 Å². The molecule has 1 heterocycles. The summed E-state index contributed by atoms with van der Waals surface area (Å²) in [7, 11) is 3.40. The van der Waals surface area contributed by atoms with E-state index in [9.17, 15) is 14.4 Å². The second kappa shape index (κ2) is 14.1. The fraction of sp³-hybridized carbons (Fsp3) is 0.667. The molecule has 0 saturated carbocycles. The van der Waals surface area contributed by atoms with Gasteiger partial charge in [0, 0.05) is 39.2 Å². The first kappa shape index (κ1) is 27.8. The van der Waals surface area contributed by atoms with Gasteiger partial charge >= 0.3 is 0 Å². The lowest BCUT2D eigenvalue weighted by molar-refractivity contribution is -0.140. The number of benzene rings is 1. The molecular weight excluding hydrogens is 430 g/mol. The van der Waals surface area contributed by atoms with Crippen LogP contribution in [0.25, 0.3) is 0 Å². The topological polar surface area (TPSA) is 79.0 Å². The summed E-state index contributed by atoms with van der Waals surface area (Å²) in [6, 6.07) is 10.1. The minimum Gasteiger partial charge on any atom is -0.378 e. The highest BCUT2D eigenvalue weighted by molar-refractivity contribution is 5.80. The molecule has 1 aliphatic heterocycles. The van der Waals surface area contributed by atoms with Gasteiger partial charge in [-0.15, -0.1) is 0 Å². The summed E-state index contributed by atoms with van der Waals surface area (Å²) in [5.74, 6) is -0.351. The van der Waals surface area contributed by atoms with Crippen LogP contribution in [0.2, 0.25) is 0 Å². The zero-order valence-electron chi connectivity index (χ0n) is 21.5. The Hall–Kier alpha value is -2.41. The normalized spacial score (nSPS) is 19.2. The second-order valence-corrected chi connectivity index (χ2v) is 9.64. The first-order valence-corrected chi connectivity index (χ1v) is 12.7. The molecule has 0 radical (unpaired) electrons. The minimum absolute atomic E-state index is 0.00137. The van der Waals surface area contributed by atoms with E-state index in [0.717, 1.165) is 38.5 Å². The number of nitrogens with zero attached hydrogens (tertiary/aromatic N) is 2. The fourth-order valence-corrected chi connectivity index (χ4v) is 5.08. The molecular formula is C27H43N3O4. The highest BCUT2D eigenvalue weighted by atomic mass is 16.5. The predicted octanol–water partition coefficient (Wildman–Crippen LogP) is 3.41. The van der Waals surface area contributed by atoms with Crippen LogP contribution in [0.15, 0.2) is 30.3 Å². The molecule has 0 bridgehead atoms. The minimum atomic E-state index is -0.379. The van der Waals surface area contributed by atoms with Gasteiger partial charge in [0.1, 0.15) is 0 Å². The van der Waals surface area contributed by atoms with Gasteiger partial charge in [-0.2, -0.15) is 0 Å². The Morgan fingerprint density at radius 2 is 1.94 bits per heavy atom. The molecule has 7 heteroatoms. The molecule has 1 aromatic rings. The number of hydrogen-bond acceptors (Lipinski definition) is 4. The van der Waals surface area contributed by atoms with Gasteiger partial charge in [0.2, 0.25) is 18.2 Å². The van der Waals surface area contributed by atoms with Crippen LogP contribution in [-0.4, -0.2) is 73.0 Å². The van der Waals surface area contributed by atoms with E-state index < -0.39 is 0 Å². The Morgan fingerprint density at radius 1 is 1.24 bits per heavy atom. The van der Waals surface area contributed by atoms with E-state index in [0.29, 0.717) is 19.4 Å². The maximum atomic E-state index is 13.1. The van der Waals surface area contributed by atoms with Crippen molar-refractivity contribution in [1.82, 2.24) is 15.1 Å². The molecule has 1 aliphatic rings. The number of hydrogen-bond donors (Lipinski definition) is 1. The first-order chi connectivity index (χ1) is 16.3. The number of likely N-dealkylation sites (tertiary alicyclic amines) is 1. The highest BCUT2D eigenvalue weighted by Crippen LogP contribution is 2.28. The van der Waals surface area contributed by atoms with Crippen LogP contribution < -0.4 is 5.32 Å². The molecule has 5 atom stereocenters. The number of carbonyl (C=O) groups excluding carboxylic acids is 3. The van der Waals surface area contributed by atoms with E-state index >= 15 is 0 Å². The summed E-state index contributed by atoms with van der Waals surface area (Å²) in [4.78, 5) is 40.9. The van der Waals surface area contributed by atoms with Crippen molar-refractivity contribution < 1.29 is 19.1 Å².